The molecule has 0 heterocycles. The highest BCUT2D eigenvalue weighted by molar-refractivity contribution is 7.80. The van der Waals surface area contributed by atoms with Crippen LogP contribution in [0.15, 0.2) is 18.2 Å². The first-order chi connectivity index (χ1) is 11.0. The average Bonchev–Trinajstić information content (AvgIpc) is 2.52. The molecule has 0 saturated carbocycles. The SMILES string of the molecule is CCCCNC(=S)NNC(=O)c1ccc(OC(C)C)c(OC)c1. The number of methoxy groups -OCH3 is 1. The molecule has 0 fully saturated rings. The van der Waals surface area contributed by atoms with E-state index in [-0.39, 0.29) is 12.0 Å². The van der Waals surface area contributed by atoms with Crippen LogP contribution in [-0.4, -0.2) is 30.8 Å². The Morgan fingerprint density at radius 1 is 1.26 bits per heavy atom. The van der Waals surface area contributed by atoms with E-state index >= 15 is 0 Å². The normalized spacial score (nSPS) is 10.1. The van der Waals surface area contributed by atoms with E-state index in [1.54, 1.807) is 18.2 Å². The molecule has 0 aromatic heterocycles. The van der Waals surface area contributed by atoms with Crippen molar-refractivity contribution in [2.24, 2.45) is 0 Å². The number of rotatable bonds is 7. The molecule has 128 valence electrons. The van der Waals surface area contributed by atoms with Crippen molar-refractivity contribution in [1.82, 2.24) is 16.2 Å². The maximum Gasteiger partial charge on any atom is 0.269 e. The van der Waals surface area contributed by atoms with Crippen molar-refractivity contribution in [1.29, 1.82) is 0 Å². The maximum absolute atomic E-state index is 12.1. The fraction of sp³-hybridized carbons (Fsp3) is 0.500. The van der Waals surface area contributed by atoms with Crippen LogP contribution in [0.3, 0.4) is 0 Å². The molecule has 6 nitrogen and oxygen atoms in total. The monoisotopic (exact) mass is 339 g/mol. The van der Waals surface area contributed by atoms with Crippen LogP contribution in [-0.2, 0) is 0 Å². The molecule has 0 aliphatic carbocycles. The van der Waals surface area contributed by atoms with Gasteiger partial charge in [0, 0.05) is 12.1 Å². The Balaban J connectivity index is 2.60. The van der Waals surface area contributed by atoms with E-state index in [1.807, 2.05) is 13.8 Å². The van der Waals surface area contributed by atoms with Crippen LogP contribution in [0.1, 0.15) is 44.0 Å². The molecular weight excluding hydrogens is 314 g/mol. The molecule has 0 bridgehead atoms. The van der Waals surface area contributed by atoms with Gasteiger partial charge in [-0.15, -0.1) is 0 Å². The Morgan fingerprint density at radius 2 is 2.00 bits per heavy atom. The molecular formula is C16H25N3O3S. The summed E-state index contributed by atoms with van der Waals surface area (Å²) in [6.07, 6.45) is 2.12. The maximum atomic E-state index is 12.1. The van der Waals surface area contributed by atoms with Crippen molar-refractivity contribution in [3.63, 3.8) is 0 Å². The highest BCUT2D eigenvalue weighted by Crippen LogP contribution is 2.28. The zero-order chi connectivity index (χ0) is 17.2. The first-order valence-electron chi connectivity index (χ1n) is 7.66. The molecule has 0 saturated heterocycles. The number of hydrazine groups is 1. The van der Waals surface area contributed by atoms with Crippen LogP contribution >= 0.6 is 12.2 Å². The average molecular weight is 339 g/mol. The molecule has 0 unspecified atom stereocenters. The summed E-state index contributed by atoms with van der Waals surface area (Å²) in [5.41, 5.74) is 5.67. The van der Waals surface area contributed by atoms with Crippen LogP contribution in [0, 0.1) is 0 Å². The Kier molecular flexibility index (Phi) is 8.18. The van der Waals surface area contributed by atoms with Gasteiger partial charge in [-0.2, -0.15) is 0 Å². The van der Waals surface area contributed by atoms with E-state index in [0.717, 1.165) is 19.4 Å². The van der Waals surface area contributed by atoms with Crippen molar-refractivity contribution >= 4 is 23.2 Å². The highest BCUT2D eigenvalue weighted by atomic mass is 32.1. The van der Waals surface area contributed by atoms with Crippen LogP contribution in [0.2, 0.25) is 0 Å². The minimum absolute atomic E-state index is 0.0248. The summed E-state index contributed by atoms with van der Waals surface area (Å²) in [6.45, 7) is 6.72. The number of ether oxygens (including phenoxy) is 2. The first kappa shape index (κ1) is 19.0. The van der Waals surface area contributed by atoms with Gasteiger partial charge in [0.05, 0.1) is 13.2 Å². The van der Waals surface area contributed by atoms with Gasteiger partial charge in [-0.1, -0.05) is 13.3 Å². The lowest BCUT2D eigenvalue weighted by Crippen LogP contribution is -2.46. The molecule has 0 spiro atoms. The van der Waals surface area contributed by atoms with Crippen LogP contribution in [0.4, 0.5) is 0 Å². The van der Waals surface area contributed by atoms with Crippen molar-refractivity contribution < 1.29 is 14.3 Å². The van der Waals surface area contributed by atoms with Gasteiger partial charge in [0.1, 0.15) is 0 Å². The summed E-state index contributed by atoms with van der Waals surface area (Å²) in [5.74, 6) is 0.804. The number of amides is 1. The van der Waals surface area contributed by atoms with E-state index in [1.165, 1.54) is 7.11 Å². The smallest absolute Gasteiger partial charge is 0.269 e. The van der Waals surface area contributed by atoms with Crippen molar-refractivity contribution in [3.8, 4) is 11.5 Å². The fourth-order valence-corrected chi connectivity index (χ4v) is 1.92. The van der Waals surface area contributed by atoms with Crippen LogP contribution < -0.4 is 25.6 Å². The van der Waals surface area contributed by atoms with Crippen LogP contribution in [0.25, 0.3) is 0 Å². The van der Waals surface area contributed by atoms with Gasteiger partial charge in [-0.3, -0.25) is 15.6 Å². The van der Waals surface area contributed by atoms with Gasteiger partial charge in [0.25, 0.3) is 5.91 Å². The lowest BCUT2D eigenvalue weighted by atomic mass is 10.2. The Hall–Kier alpha value is -2.02. The quantitative estimate of drug-likeness (QED) is 0.402. The summed E-state index contributed by atoms with van der Waals surface area (Å²) in [7, 11) is 1.54. The highest BCUT2D eigenvalue weighted by Gasteiger charge is 2.12. The minimum Gasteiger partial charge on any atom is -0.493 e. The number of thiocarbonyl (C=S) groups is 1. The summed E-state index contributed by atoms with van der Waals surface area (Å²) >= 11 is 5.07. The zero-order valence-electron chi connectivity index (χ0n) is 14.1. The number of carbonyl (C=O) groups is 1. The molecule has 0 atom stereocenters. The van der Waals surface area contributed by atoms with Gasteiger partial charge in [-0.25, -0.2) is 0 Å². The molecule has 23 heavy (non-hydrogen) atoms. The molecule has 3 N–H and O–H groups in total. The molecule has 0 aliphatic heterocycles. The molecule has 7 heteroatoms. The standard InChI is InChI=1S/C16H25N3O3S/c1-5-6-9-17-16(23)19-18-15(20)12-7-8-13(22-11(2)3)14(10-12)21-4/h7-8,10-11H,5-6,9H2,1-4H3,(H,18,20)(H2,17,19,23). The third-order valence-corrected chi connectivity index (χ3v) is 3.14. The second kappa shape index (κ2) is 9.89. The van der Waals surface area contributed by atoms with E-state index in [2.05, 4.69) is 23.1 Å². The lowest BCUT2D eigenvalue weighted by molar-refractivity contribution is 0.0943. The molecule has 0 radical (unpaired) electrons. The van der Waals surface area contributed by atoms with E-state index < -0.39 is 0 Å². The Bertz CT molecular complexity index is 535. The second-order valence-corrected chi connectivity index (χ2v) is 5.63. The lowest BCUT2D eigenvalue weighted by Gasteiger charge is -2.15. The molecule has 1 aromatic carbocycles. The van der Waals surface area contributed by atoms with Gasteiger partial charge < -0.3 is 14.8 Å². The number of hydrogen-bond acceptors (Lipinski definition) is 4. The third-order valence-electron chi connectivity index (χ3n) is 2.89. The number of benzene rings is 1. The minimum atomic E-state index is -0.306. The topological polar surface area (TPSA) is 71.6 Å². The Morgan fingerprint density at radius 3 is 2.61 bits per heavy atom. The molecule has 0 aliphatic rings. The van der Waals surface area contributed by atoms with Gasteiger partial charge >= 0.3 is 0 Å². The third kappa shape index (κ3) is 6.73. The first-order valence-corrected chi connectivity index (χ1v) is 8.07. The van der Waals surface area contributed by atoms with Crippen molar-refractivity contribution in [2.45, 2.75) is 39.7 Å². The summed E-state index contributed by atoms with van der Waals surface area (Å²) in [6, 6.07) is 5.01. The van der Waals surface area contributed by atoms with E-state index in [9.17, 15) is 4.79 Å². The summed E-state index contributed by atoms with van der Waals surface area (Å²) in [4.78, 5) is 12.1. The van der Waals surface area contributed by atoms with Crippen molar-refractivity contribution in [3.05, 3.63) is 23.8 Å². The zero-order valence-corrected chi connectivity index (χ0v) is 14.9. The second-order valence-electron chi connectivity index (χ2n) is 5.22. The fourth-order valence-electron chi connectivity index (χ4n) is 1.77. The predicted molar refractivity (Wildman–Crippen MR) is 94.9 cm³/mol. The van der Waals surface area contributed by atoms with Crippen molar-refractivity contribution in [2.75, 3.05) is 13.7 Å². The van der Waals surface area contributed by atoms with Gasteiger partial charge in [0.15, 0.2) is 16.6 Å². The van der Waals surface area contributed by atoms with Gasteiger partial charge in [-0.05, 0) is 50.7 Å². The Labute approximate surface area is 142 Å². The number of hydrogen-bond donors (Lipinski definition) is 3. The van der Waals surface area contributed by atoms with E-state index in [4.69, 9.17) is 21.7 Å². The predicted octanol–water partition coefficient (Wildman–Crippen LogP) is 2.39. The van der Waals surface area contributed by atoms with E-state index in [0.29, 0.717) is 22.2 Å². The van der Waals surface area contributed by atoms with Gasteiger partial charge in [0.2, 0.25) is 0 Å². The summed E-state index contributed by atoms with van der Waals surface area (Å²) < 4.78 is 10.9. The van der Waals surface area contributed by atoms with Crippen LogP contribution in [0.5, 0.6) is 11.5 Å². The summed E-state index contributed by atoms with van der Waals surface area (Å²) in [5, 5.41) is 3.39. The molecule has 1 rings (SSSR count). The number of unbranched alkanes of at least 4 members (excludes halogenated alkanes) is 1. The number of nitrogens with one attached hydrogen (secondary N) is 3. The molecule has 1 amide bonds. The molecule has 1 aromatic rings. The number of carbonyl (C=O) groups excluding carboxylic acids is 1. The largest absolute Gasteiger partial charge is 0.493 e.